The second-order valence-electron chi connectivity index (χ2n) is 6.36. The second kappa shape index (κ2) is 7.80. The quantitative estimate of drug-likeness (QED) is 0.847. The molecule has 1 saturated carbocycles. The molecule has 112 valence electrons. The molecule has 2 heteroatoms. The van der Waals surface area contributed by atoms with Crippen molar-refractivity contribution >= 4 is 0 Å². The summed E-state index contributed by atoms with van der Waals surface area (Å²) in [4.78, 5) is 2.33. The van der Waals surface area contributed by atoms with Gasteiger partial charge in [0, 0.05) is 18.6 Å². The Morgan fingerprint density at radius 1 is 1.15 bits per heavy atom. The Labute approximate surface area is 124 Å². The lowest BCUT2D eigenvalue weighted by molar-refractivity contribution is 0.221. The molecule has 0 amide bonds. The van der Waals surface area contributed by atoms with Crippen molar-refractivity contribution in [1.82, 2.24) is 10.2 Å². The van der Waals surface area contributed by atoms with Gasteiger partial charge in [0.15, 0.2) is 0 Å². The number of nitrogens with one attached hydrogen (secondary N) is 1. The average Bonchev–Trinajstić information content (AvgIpc) is 2.48. The van der Waals surface area contributed by atoms with Gasteiger partial charge in [0.2, 0.25) is 0 Å². The van der Waals surface area contributed by atoms with Crippen LogP contribution in [-0.2, 0) is 0 Å². The summed E-state index contributed by atoms with van der Waals surface area (Å²) >= 11 is 0. The molecule has 0 heterocycles. The molecule has 0 spiro atoms. The highest BCUT2D eigenvalue weighted by Crippen LogP contribution is 2.27. The van der Waals surface area contributed by atoms with E-state index in [2.05, 4.69) is 61.6 Å². The third kappa shape index (κ3) is 4.07. The molecule has 2 nitrogen and oxygen atoms in total. The molecule has 1 aromatic rings. The van der Waals surface area contributed by atoms with Crippen LogP contribution in [0, 0.1) is 5.92 Å². The van der Waals surface area contributed by atoms with E-state index in [1.54, 1.807) is 0 Å². The fourth-order valence-corrected chi connectivity index (χ4v) is 3.50. The number of rotatable bonds is 6. The number of nitrogens with zero attached hydrogens (tertiary/aromatic N) is 1. The summed E-state index contributed by atoms with van der Waals surface area (Å²) in [5.41, 5.74) is 1.41. The SMILES string of the molecule is CCC1CCCCC1NCC(c1ccccc1)N(C)C. The van der Waals surface area contributed by atoms with E-state index >= 15 is 0 Å². The first-order valence-corrected chi connectivity index (χ1v) is 8.17. The molecule has 3 atom stereocenters. The van der Waals surface area contributed by atoms with Crippen molar-refractivity contribution in [3.63, 3.8) is 0 Å². The highest BCUT2D eigenvalue weighted by molar-refractivity contribution is 5.19. The van der Waals surface area contributed by atoms with Gasteiger partial charge >= 0.3 is 0 Å². The number of likely N-dealkylation sites (N-methyl/N-ethyl adjacent to an activating group) is 1. The molecule has 3 unspecified atom stereocenters. The van der Waals surface area contributed by atoms with E-state index in [-0.39, 0.29) is 0 Å². The van der Waals surface area contributed by atoms with E-state index in [0.717, 1.165) is 18.5 Å². The van der Waals surface area contributed by atoms with Crippen LogP contribution >= 0.6 is 0 Å². The molecule has 2 rings (SSSR count). The van der Waals surface area contributed by atoms with Gasteiger partial charge in [-0.2, -0.15) is 0 Å². The summed E-state index contributed by atoms with van der Waals surface area (Å²) in [6, 6.07) is 12.0. The zero-order chi connectivity index (χ0) is 14.4. The van der Waals surface area contributed by atoms with E-state index < -0.39 is 0 Å². The van der Waals surface area contributed by atoms with Gasteiger partial charge in [0.1, 0.15) is 0 Å². The van der Waals surface area contributed by atoms with E-state index in [0.29, 0.717) is 6.04 Å². The van der Waals surface area contributed by atoms with Crippen LogP contribution < -0.4 is 5.32 Å². The molecular weight excluding hydrogens is 244 g/mol. The van der Waals surface area contributed by atoms with E-state index in [1.807, 2.05) is 0 Å². The van der Waals surface area contributed by atoms with Gasteiger partial charge in [-0.3, -0.25) is 0 Å². The minimum absolute atomic E-state index is 0.468. The first-order chi connectivity index (χ1) is 9.72. The van der Waals surface area contributed by atoms with Crippen molar-refractivity contribution < 1.29 is 0 Å². The third-order valence-corrected chi connectivity index (χ3v) is 4.81. The maximum Gasteiger partial charge on any atom is 0.0466 e. The van der Waals surface area contributed by atoms with Crippen molar-refractivity contribution in [3.8, 4) is 0 Å². The predicted molar refractivity (Wildman–Crippen MR) is 86.9 cm³/mol. The second-order valence-corrected chi connectivity index (χ2v) is 6.36. The summed E-state index contributed by atoms with van der Waals surface area (Å²) in [6.45, 7) is 3.39. The van der Waals surface area contributed by atoms with Crippen LogP contribution in [0.1, 0.15) is 50.6 Å². The predicted octanol–water partition coefficient (Wildman–Crippen LogP) is 3.85. The molecule has 0 aromatic heterocycles. The molecule has 20 heavy (non-hydrogen) atoms. The van der Waals surface area contributed by atoms with Gasteiger partial charge in [-0.1, -0.05) is 56.5 Å². The third-order valence-electron chi connectivity index (χ3n) is 4.81. The summed E-state index contributed by atoms with van der Waals surface area (Å²) in [5, 5.41) is 3.86. The van der Waals surface area contributed by atoms with Gasteiger partial charge in [-0.25, -0.2) is 0 Å². The maximum absolute atomic E-state index is 3.86. The summed E-state index contributed by atoms with van der Waals surface area (Å²) in [5.74, 6) is 0.877. The van der Waals surface area contributed by atoms with Crippen LogP contribution in [0.2, 0.25) is 0 Å². The average molecular weight is 274 g/mol. The first kappa shape index (κ1) is 15.5. The molecule has 0 aliphatic heterocycles. The van der Waals surface area contributed by atoms with Crippen molar-refractivity contribution in [2.45, 2.75) is 51.1 Å². The molecule has 0 radical (unpaired) electrons. The van der Waals surface area contributed by atoms with E-state index in [4.69, 9.17) is 0 Å². The fourth-order valence-electron chi connectivity index (χ4n) is 3.50. The molecular formula is C18H30N2. The maximum atomic E-state index is 3.86. The van der Waals surface area contributed by atoms with Crippen LogP contribution in [0.15, 0.2) is 30.3 Å². The van der Waals surface area contributed by atoms with Crippen LogP contribution in [0.5, 0.6) is 0 Å². The number of benzene rings is 1. The summed E-state index contributed by atoms with van der Waals surface area (Å²) < 4.78 is 0. The zero-order valence-corrected chi connectivity index (χ0v) is 13.3. The van der Waals surface area contributed by atoms with Crippen molar-refractivity contribution in [1.29, 1.82) is 0 Å². The lowest BCUT2D eigenvalue weighted by Gasteiger charge is -2.34. The van der Waals surface area contributed by atoms with Crippen LogP contribution in [0.3, 0.4) is 0 Å². The Balaban J connectivity index is 1.95. The Bertz CT molecular complexity index is 374. The molecule has 0 bridgehead atoms. The largest absolute Gasteiger partial charge is 0.312 e. The number of hydrogen-bond acceptors (Lipinski definition) is 2. The smallest absolute Gasteiger partial charge is 0.0466 e. The Hall–Kier alpha value is -0.860. The molecule has 1 fully saturated rings. The first-order valence-electron chi connectivity index (χ1n) is 8.17. The monoisotopic (exact) mass is 274 g/mol. The molecule has 1 aliphatic rings. The minimum Gasteiger partial charge on any atom is -0.312 e. The molecule has 1 aromatic carbocycles. The van der Waals surface area contributed by atoms with Gasteiger partial charge in [0.05, 0.1) is 0 Å². The lowest BCUT2D eigenvalue weighted by atomic mass is 9.82. The minimum atomic E-state index is 0.468. The Morgan fingerprint density at radius 2 is 1.85 bits per heavy atom. The highest BCUT2D eigenvalue weighted by Gasteiger charge is 2.24. The Kier molecular flexibility index (Phi) is 6.06. The van der Waals surface area contributed by atoms with Gasteiger partial charge in [-0.15, -0.1) is 0 Å². The molecule has 1 N–H and O–H groups in total. The van der Waals surface area contributed by atoms with Gasteiger partial charge in [0.25, 0.3) is 0 Å². The van der Waals surface area contributed by atoms with Crippen LogP contribution in [0.25, 0.3) is 0 Å². The van der Waals surface area contributed by atoms with Crippen molar-refractivity contribution in [2.75, 3.05) is 20.6 Å². The molecule has 0 saturated heterocycles. The summed E-state index contributed by atoms with van der Waals surface area (Å²) in [7, 11) is 4.36. The standard InChI is InChI=1S/C18H30N2/c1-4-15-10-8-9-13-17(15)19-14-18(20(2)3)16-11-6-5-7-12-16/h5-7,11-12,15,17-19H,4,8-10,13-14H2,1-3H3. The van der Waals surface area contributed by atoms with Crippen LogP contribution in [0.4, 0.5) is 0 Å². The normalized spacial score (nSPS) is 24.8. The fraction of sp³-hybridized carbons (Fsp3) is 0.667. The van der Waals surface area contributed by atoms with E-state index in [9.17, 15) is 0 Å². The zero-order valence-electron chi connectivity index (χ0n) is 13.3. The van der Waals surface area contributed by atoms with Crippen LogP contribution in [-0.4, -0.2) is 31.6 Å². The van der Waals surface area contributed by atoms with Crippen molar-refractivity contribution in [2.24, 2.45) is 5.92 Å². The highest BCUT2D eigenvalue weighted by atomic mass is 15.1. The topological polar surface area (TPSA) is 15.3 Å². The lowest BCUT2D eigenvalue weighted by Crippen LogP contribution is -2.42. The number of hydrogen-bond donors (Lipinski definition) is 1. The summed E-state index contributed by atoms with van der Waals surface area (Å²) in [6.07, 6.45) is 6.90. The van der Waals surface area contributed by atoms with Gasteiger partial charge < -0.3 is 10.2 Å². The molecule has 1 aliphatic carbocycles. The van der Waals surface area contributed by atoms with Crippen molar-refractivity contribution in [3.05, 3.63) is 35.9 Å². The Morgan fingerprint density at radius 3 is 2.50 bits per heavy atom. The van der Waals surface area contributed by atoms with E-state index in [1.165, 1.54) is 37.7 Å². The van der Waals surface area contributed by atoms with Gasteiger partial charge in [-0.05, 0) is 38.4 Å².